The molecule has 5 rings (SSSR count). The Kier molecular flexibility index (Phi) is 4.88. The summed E-state index contributed by atoms with van der Waals surface area (Å²) in [6.07, 6.45) is 11.2. The van der Waals surface area contributed by atoms with Gasteiger partial charge in [-0.25, -0.2) is 0 Å². The van der Waals surface area contributed by atoms with E-state index in [1.165, 1.54) is 69.6 Å². The van der Waals surface area contributed by atoms with Crippen molar-refractivity contribution < 1.29 is 0 Å². The van der Waals surface area contributed by atoms with Crippen LogP contribution in [0.1, 0.15) is 60.1 Å². The van der Waals surface area contributed by atoms with Gasteiger partial charge in [-0.2, -0.15) is 0 Å². The van der Waals surface area contributed by atoms with Crippen molar-refractivity contribution >= 4 is 44.5 Å². The monoisotopic (exact) mass is 448 g/mol. The van der Waals surface area contributed by atoms with Crippen molar-refractivity contribution in [2.45, 2.75) is 49.0 Å². The molecule has 0 nitrogen and oxygen atoms in total. The van der Waals surface area contributed by atoms with Crippen molar-refractivity contribution in [1.82, 2.24) is 0 Å². The lowest BCUT2D eigenvalue weighted by Crippen LogP contribution is -2.09. The number of fused-ring (bicyclic) bond motifs is 4. The molecule has 0 aromatic heterocycles. The number of hydrogen-bond donors (Lipinski definition) is 0. The summed E-state index contributed by atoms with van der Waals surface area (Å²) in [5, 5.41) is 3.28. The number of unbranched alkanes of at least 4 members (excludes halogenated alkanes) is 3. The average Bonchev–Trinajstić information content (AvgIpc) is 3.47. The van der Waals surface area contributed by atoms with E-state index < -0.39 is 0 Å². The van der Waals surface area contributed by atoms with Crippen molar-refractivity contribution in [2.75, 3.05) is 0 Å². The molecule has 1 aliphatic carbocycles. The summed E-state index contributed by atoms with van der Waals surface area (Å²) in [5.41, 5.74) is 5.75. The van der Waals surface area contributed by atoms with Gasteiger partial charge in [0.2, 0.25) is 0 Å². The first-order chi connectivity index (χ1) is 13.7. The van der Waals surface area contributed by atoms with Crippen LogP contribution in [0.2, 0.25) is 0 Å². The van der Waals surface area contributed by atoms with Crippen LogP contribution in [0, 0.1) is 0 Å². The van der Waals surface area contributed by atoms with E-state index in [2.05, 4.69) is 101 Å². The van der Waals surface area contributed by atoms with Crippen molar-refractivity contribution in [3.8, 4) is 0 Å². The lowest BCUT2D eigenvalue weighted by atomic mass is 9.84. The second kappa shape index (κ2) is 7.39. The Balaban J connectivity index is 1.44. The van der Waals surface area contributed by atoms with E-state index >= 15 is 0 Å². The maximum Gasteiger partial charge on any atom is 0.0758 e. The topological polar surface area (TPSA) is 0 Å². The fourth-order valence-electron chi connectivity index (χ4n) is 4.49. The Morgan fingerprint density at radius 2 is 1.82 bits per heavy atom. The number of aryl methyl sites for hydroxylation is 1. The summed E-state index contributed by atoms with van der Waals surface area (Å²) in [6.45, 7) is 2.27. The average molecular weight is 449 g/mol. The van der Waals surface area contributed by atoms with Crippen LogP contribution in [0.5, 0.6) is 0 Å². The maximum atomic E-state index is 3.65. The molecule has 0 radical (unpaired) electrons. The summed E-state index contributed by atoms with van der Waals surface area (Å²) in [6, 6.07) is 20.8. The summed E-state index contributed by atoms with van der Waals surface area (Å²) in [7, 11) is 0. The number of thioether (sulfide) groups is 1. The molecule has 142 valence electrons. The fourth-order valence-corrected chi connectivity index (χ4v) is 6.27. The zero-order chi connectivity index (χ0) is 19.1. The van der Waals surface area contributed by atoms with Gasteiger partial charge in [0.05, 0.1) is 10.00 Å². The number of rotatable bonds is 6. The van der Waals surface area contributed by atoms with Crippen LogP contribution >= 0.6 is 27.7 Å². The predicted molar refractivity (Wildman–Crippen MR) is 127 cm³/mol. The van der Waals surface area contributed by atoms with E-state index in [9.17, 15) is 0 Å². The van der Waals surface area contributed by atoms with Gasteiger partial charge in [-0.1, -0.05) is 90.7 Å². The van der Waals surface area contributed by atoms with Gasteiger partial charge < -0.3 is 0 Å². The lowest BCUT2D eigenvalue weighted by Gasteiger charge is -2.18. The SMILES string of the molecule is CCCCCCc1ccc2ccc(C34C=Cc5ccc(Br)cc5C3S4)cc2c1. The second-order valence-electron chi connectivity index (χ2n) is 8.10. The summed E-state index contributed by atoms with van der Waals surface area (Å²) in [4.78, 5) is 0. The molecule has 0 bridgehead atoms. The molecule has 3 aromatic carbocycles. The molecule has 3 aromatic rings. The van der Waals surface area contributed by atoms with Crippen LogP contribution in [0.4, 0.5) is 0 Å². The quantitative estimate of drug-likeness (QED) is 0.269. The van der Waals surface area contributed by atoms with Crippen LogP contribution in [-0.2, 0) is 11.2 Å². The summed E-state index contributed by atoms with van der Waals surface area (Å²) >= 11 is 5.72. The van der Waals surface area contributed by atoms with Crippen LogP contribution in [0.25, 0.3) is 16.8 Å². The van der Waals surface area contributed by atoms with E-state index in [1.54, 1.807) is 0 Å². The molecule has 1 heterocycles. The first-order valence-electron chi connectivity index (χ1n) is 10.4. The van der Waals surface area contributed by atoms with Gasteiger partial charge in [-0.05, 0) is 64.1 Å². The summed E-state index contributed by atoms with van der Waals surface area (Å²) < 4.78 is 1.30. The molecular weight excluding hydrogens is 424 g/mol. The molecule has 1 saturated heterocycles. The smallest absolute Gasteiger partial charge is 0.0758 e. The van der Waals surface area contributed by atoms with Gasteiger partial charge in [-0.15, -0.1) is 11.8 Å². The third kappa shape index (κ3) is 3.25. The molecule has 2 unspecified atom stereocenters. The van der Waals surface area contributed by atoms with Gasteiger partial charge in [0, 0.05) is 4.47 Å². The molecule has 2 heteroatoms. The highest BCUT2D eigenvalue weighted by Crippen LogP contribution is 2.74. The number of hydrogen-bond acceptors (Lipinski definition) is 1. The second-order valence-corrected chi connectivity index (χ2v) is 10.4. The standard InChI is InChI=1S/C26H25BrS/c1-2-3-4-5-6-18-7-8-19-9-11-22(16-21(19)15-18)26-14-13-20-10-12-23(27)17-24(20)25(26)28-26/h7-17,25H,2-6H2,1H3. The molecule has 0 N–H and O–H groups in total. The van der Waals surface area contributed by atoms with E-state index in [4.69, 9.17) is 0 Å². The molecule has 28 heavy (non-hydrogen) atoms. The van der Waals surface area contributed by atoms with Gasteiger partial charge >= 0.3 is 0 Å². The van der Waals surface area contributed by atoms with Gasteiger partial charge in [0.25, 0.3) is 0 Å². The van der Waals surface area contributed by atoms with Gasteiger partial charge in [-0.3, -0.25) is 0 Å². The minimum Gasteiger partial charge on any atom is -0.134 e. The van der Waals surface area contributed by atoms with Crippen molar-refractivity contribution in [1.29, 1.82) is 0 Å². The van der Waals surface area contributed by atoms with E-state index in [0.29, 0.717) is 5.25 Å². The van der Waals surface area contributed by atoms with Crippen molar-refractivity contribution in [2.24, 2.45) is 0 Å². The lowest BCUT2D eigenvalue weighted by molar-refractivity contribution is 0.667. The highest BCUT2D eigenvalue weighted by atomic mass is 79.9. The molecule has 0 amide bonds. The zero-order valence-electron chi connectivity index (χ0n) is 16.2. The highest BCUT2D eigenvalue weighted by molar-refractivity contribution is 9.10. The van der Waals surface area contributed by atoms with Crippen LogP contribution in [-0.4, -0.2) is 0 Å². The molecule has 0 saturated carbocycles. The van der Waals surface area contributed by atoms with E-state index in [0.717, 1.165) is 0 Å². The summed E-state index contributed by atoms with van der Waals surface area (Å²) in [5.74, 6) is 0. The third-order valence-electron chi connectivity index (χ3n) is 6.16. The normalized spacial score (nSPS) is 22.1. The van der Waals surface area contributed by atoms with E-state index in [-0.39, 0.29) is 4.75 Å². The molecular formula is C26H25BrS. The van der Waals surface area contributed by atoms with E-state index in [1.807, 2.05) is 0 Å². The van der Waals surface area contributed by atoms with Gasteiger partial charge in [0.1, 0.15) is 0 Å². The highest BCUT2D eigenvalue weighted by Gasteiger charge is 2.57. The minimum absolute atomic E-state index is 0.124. The van der Waals surface area contributed by atoms with Crippen LogP contribution < -0.4 is 0 Å². The third-order valence-corrected chi connectivity index (χ3v) is 8.26. The molecule has 0 spiro atoms. The Bertz CT molecular complexity index is 1070. The van der Waals surface area contributed by atoms with Gasteiger partial charge in [0.15, 0.2) is 0 Å². The Labute approximate surface area is 180 Å². The first kappa shape index (κ1) is 18.5. The maximum absolute atomic E-state index is 3.65. The molecule has 2 atom stereocenters. The first-order valence-corrected chi connectivity index (χ1v) is 12.1. The van der Waals surface area contributed by atoms with Crippen molar-refractivity contribution in [3.05, 3.63) is 87.4 Å². The predicted octanol–water partition coefficient (Wildman–Crippen LogP) is 8.44. The Hall–Kier alpha value is -1.51. The fraction of sp³-hybridized carbons (Fsp3) is 0.308. The number of halogens is 1. The molecule has 1 aliphatic heterocycles. The number of benzene rings is 3. The van der Waals surface area contributed by atoms with Crippen LogP contribution in [0.15, 0.2) is 65.1 Å². The molecule has 1 fully saturated rings. The zero-order valence-corrected chi connectivity index (χ0v) is 18.7. The van der Waals surface area contributed by atoms with Crippen molar-refractivity contribution in [3.63, 3.8) is 0 Å². The van der Waals surface area contributed by atoms with Crippen LogP contribution in [0.3, 0.4) is 0 Å². The Morgan fingerprint density at radius 3 is 2.71 bits per heavy atom. The minimum atomic E-state index is 0.124. The largest absolute Gasteiger partial charge is 0.134 e. The Morgan fingerprint density at radius 1 is 0.929 bits per heavy atom. The molecule has 2 aliphatic rings.